The third kappa shape index (κ3) is 5.04. The molecule has 2 aliphatic heterocycles. The van der Waals surface area contributed by atoms with Crippen molar-refractivity contribution < 1.29 is 14.0 Å². The van der Waals surface area contributed by atoms with Gasteiger partial charge >= 0.3 is 0 Å². The molecule has 0 atom stereocenters. The van der Waals surface area contributed by atoms with E-state index in [0.717, 1.165) is 45.6 Å². The van der Waals surface area contributed by atoms with Crippen LogP contribution in [0.25, 0.3) is 0 Å². The van der Waals surface area contributed by atoms with E-state index < -0.39 is 0 Å². The van der Waals surface area contributed by atoms with Crippen LogP contribution in [0.1, 0.15) is 31.2 Å². The summed E-state index contributed by atoms with van der Waals surface area (Å²) < 4.78 is 13.7. The number of hydrogen-bond acceptors (Lipinski definition) is 3. The molecule has 1 aromatic carbocycles. The van der Waals surface area contributed by atoms with E-state index in [1.165, 1.54) is 12.5 Å². The highest BCUT2D eigenvalue weighted by Gasteiger charge is 2.23. The lowest BCUT2D eigenvalue weighted by Gasteiger charge is -2.35. The fraction of sp³-hybridized carbons (Fsp3) is 0.600. The Morgan fingerprint density at radius 3 is 2.19 bits per heavy atom. The number of piperidine rings is 1. The Labute approximate surface area is 154 Å². The second-order valence-corrected chi connectivity index (χ2v) is 7.18. The van der Waals surface area contributed by atoms with E-state index in [9.17, 15) is 14.0 Å². The van der Waals surface area contributed by atoms with Gasteiger partial charge in [0.1, 0.15) is 5.82 Å². The summed E-state index contributed by atoms with van der Waals surface area (Å²) in [6, 6.07) is 6.44. The van der Waals surface area contributed by atoms with Crippen LogP contribution in [0.4, 0.5) is 4.39 Å². The molecule has 0 saturated carbocycles. The van der Waals surface area contributed by atoms with Crippen LogP contribution in [0.2, 0.25) is 0 Å². The third-order valence-corrected chi connectivity index (χ3v) is 5.38. The Morgan fingerprint density at radius 1 is 0.846 bits per heavy atom. The van der Waals surface area contributed by atoms with Gasteiger partial charge in [-0.3, -0.25) is 14.5 Å². The van der Waals surface area contributed by atoms with E-state index >= 15 is 0 Å². The first-order valence-corrected chi connectivity index (χ1v) is 9.65. The Morgan fingerprint density at radius 2 is 1.50 bits per heavy atom. The maximum atomic E-state index is 13.7. The molecule has 1 aromatic rings. The summed E-state index contributed by atoms with van der Waals surface area (Å²) in [5, 5.41) is 0. The smallest absolute Gasteiger partial charge is 0.227 e. The number of carbonyl (C=O) groups is 2. The summed E-state index contributed by atoms with van der Waals surface area (Å²) in [6.45, 7) is 5.39. The van der Waals surface area contributed by atoms with Crippen molar-refractivity contribution in [1.82, 2.24) is 14.7 Å². The first-order valence-electron chi connectivity index (χ1n) is 9.65. The van der Waals surface area contributed by atoms with Crippen LogP contribution in [0.5, 0.6) is 0 Å². The third-order valence-electron chi connectivity index (χ3n) is 5.38. The Hall–Kier alpha value is -1.95. The predicted octanol–water partition coefficient (Wildman–Crippen LogP) is 1.91. The number of piperazine rings is 1. The number of halogens is 1. The molecule has 2 fully saturated rings. The SMILES string of the molecule is O=C(CCN1CCN(C(=O)Cc2ccccc2F)CC1)N1CCCCC1. The standard InChI is InChI=1S/C20H28FN3O2/c21-18-7-3-2-6-17(18)16-20(26)24-14-12-22(13-15-24)11-8-19(25)23-9-4-1-5-10-23/h2-3,6-7H,1,4-5,8-16H2. The van der Waals surface area contributed by atoms with Crippen LogP contribution in [0, 0.1) is 5.82 Å². The molecule has 2 aliphatic rings. The molecule has 5 nitrogen and oxygen atoms in total. The Balaban J connectivity index is 1.39. The summed E-state index contributed by atoms with van der Waals surface area (Å²) in [5.41, 5.74) is 0.451. The number of nitrogens with zero attached hydrogens (tertiary/aromatic N) is 3. The van der Waals surface area contributed by atoms with Crippen molar-refractivity contribution in [2.24, 2.45) is 0 Å². The highest BCUT2D eigenvalue weighted by Crippen LogP contribution is 2.12. The molecule has 2 saturated heterocycles. The van der Waals surface area contributed by atoms with Gasteiger partial charge in [0, 0.05) is 52.2 Å². The molecule has 0 unspecified atom stereocenters. The molecule has 0 bridgehead atoms. The lowest BCUT2D eigenvalue weighted by molar-refractivity contribution is -0.134. The summed E-state index contributed by atoms with van der Waals surface area (Å²) >= 11 is 0. The zero-order valence-electron chi connectivity index (χ0n) is 15.3. The normalized spacial score (nSPS) is 18.8. The van der Waals surface area contributed by atoms with Gasteiger partial charge in [0.15, 0.2) is 0 Å². The van der Waals surface area contributed by atoms with Gasteiger partial charge in [0.25, 0.3) is 0 Å². The topological polar surface area (TPSA) is 43.9 Å². The number of rotatable bonds is 5. The van der Waals surface area contributed by atoms with E-state index in [2.05, 4.69) is 4.90 Å². The molecule has 0 N–H and O–H groups in total. The molecule has 0 aromatic heterocycles. The van der Waals surface area contributed by atoms with Gasteiger partial charge in [0.05, 0.1) is 6.42 Å². The second-order valence-electron chi connectivity index (χ2n) is 7.18. The van der Waals surface area contributed by atoms with E-state index in [-0.39, 0.29) is 24.1 Å². The van der Waals surface area contributed by atoms with Gasteiger partial charge in [-0.25, -0.2) is 4.39 Å². The van der Waals surface area contributed by atoms with Gasteiger partial charge in [-0.05, 0) is 30.9 Å². The van der Waals surface area contributed by atoms with E-state index in [4.69, 9.17) is 0 Å². The molecule has 6 heteroatoms. The number of amides is 2. The molecular weight excluding hydrogens is 333 g/mol. The molecule has 0 radical (unpaired) electrons. The van der Waals surface area contributed by atoms with Crippen LogP contribution >= 0.6 is 0 Å². The number of likely N-dealkylation sites (tertiary alicyclic amines) is 1. The first kappa shape index (κ1) is 18.8. The molecular formula is C20H28FN3O2. The van der Waals surface area contributed by atoms with Crippen molar-refractivity contribution in [2.45, 2.75) is 32.1 Å². The van der Waals surface area contributed by atoms with Gasteiger partial charge in [0.2, 0.25) is 11.8 Å². The van der Waals surface area contributed by atoms with E-state index in [1.54, 1.807) is 23.1 Å². The summed E-state index contributed by atoms with van der Waals surface area (Å²) in [4.78, 5) is 30.7. The van der Waals surface area contributed by atoms with E-state index in [0.29, 0.717) is 25.1 Å². The van der Waals surface area contributed by atoms with Crippen molar-refractivity contribution in [2.75, 3.05) is 45.8 Å². The van der Waals surface area contributed by atoms with Crippen molar-refractivity contribution in [3.63, 3.8) is 0 Å². The molecule has 26 heavy (non-hydrogen) atoms. The lowest BCUT2D eigenvalue weighted by atomic mass is 10.1. The molecule has 0 aliphatic carbocycles. The van der Waals surface area contributed by atoms with Crippen LogP contribution < -0.4 is 0 Å². The highest BCUT2D eigenvalue weighted by atomic mass is 19.1. The van der Waals surface area contributed by atoms with Gasteiger partial charge in [-0.15, -0.1) is 0 Å². The highest BCUT2D eigenvalue weighted by molar-refractivity contribution is 5.79. The van der Waals surface area contributed by atoms with Crippen LogP contribution in [-0.4, -0.2) is 72.3 Å². The molecule has 2 amide bonds. The average molecular weight is 361 g/mol. The van der Waals surface area contributed by atoms with Gasteiger partial charge in [-0.2, -0.15) is 0 Å². The van der Waals surface area contributed by atoms with Gasteiger partial charge in [-0.1, -0.05) is 18.2 Å². The van der Waals surface area contributed by atoms with Crippen molar-refractivity contribution >= 4 is 11.8 Å². The van der Waals surface area contributed by atoms with Crippen LogP contribution in [0.15, 0.2) is 24.3 Å². The predicted molar refractivity (Wildman–Crippen MR) is 98.2 cm³/mol. The maximum absolute atomic E-state index is 13.7. The number of carbonyl (C=O) groups excluding carboxylic acids is 2. The quantitative estimate of drug-likeness (QED) is 0.805. The minimum atomic E-state index is -0.323. The van der Waals surface area contributed by atoms with E-state index in [1.807, 2.05) is 4.90 Å². The monoisotopic (exact) mass is 361 g/mol. The molecule has 142 valence electrons. The van der Waals surface area contributed by atoms with Crippen LogP contribution in [-0.2, 0) is 16.0 Å². The summed E-state index contributed by atoms with van der Waals surface area (Å²) in [7, 11) is 0. The Kier molecular flexibility index (Phi) is 6.61. The summed E-state index contributed by atoms with van der Waals surface area (Å²) in [5.74, 6) is -0.0994. The van der Waals surface area contributed by atoms with Gasteiger partial charge < -0.3 is 9.80 Å². The minimum Gasteiger partial charge on any atom is -0.343 e. The maximum Gasteiger partial charge on any atom is 0.227 e. The molecule has 2 heterocycles. The minimum absolute atomic E-state index is 0.0286. The number of hydrogen-bond donors (Lipinski definition) is 0. The average Bonchev–Trinajstić information content (AvgIpc) is 2.69. The summed E-state index contributed by atoms with van der Waals surface area (Å²) in [6.07, 6.45) is 4.14. The Bertz CT molecular complexity index is 623. The first-order chi connectivity index (χ1) is 12.6. The van der Waals surface area contributed by atoms with Crippen LogP contribution in [0.3, 0.4) is 0 Å². The zero-order valence-corrected chi connectivity index (χ0v) is 15.3. The fourth-order valence-electron chi connectivity index (χ4n) is 3.69. The van der Waals surface area contributed by atoms with Crippen molar-refractivity contribution in [1.29, 1.82) is 0 Å². The van der Waals surface area contributed by atoms with Crippen molar-refractivity contribution in [3.8, 4) is 0 Å². The molecule has 3 rings (SSSR count). The lowest BCUT2D eigenvalue weighted by Crippen LogP contribution is -2.50. The second kappa shape index (κ2) is 9.12. The molecule has 0 spiro atoms. The van der Waals surface area contributed by atoms with Crippen molar-refractivity contribution in [3.05, 3.63) is 35.6 Å². The number of benzene rings is 1. The fourth-order valence-corrected chi connectivity index (χ4v) is 3.69. The zero-order chi connectivity index (χ0) is 18.4. The largest absolute Gasteiger partial charge is 0.343 e.